The number of hydrazone groups is 1. The minimum atomic E-state index is -3.24. The second-order valence-corrected chi connectivity index (χ2v) is 6.23. The molecule has 6 nitrogen and oxygen atoms in total. The summed E-state index contributed by atoms with van der Waals surface area (Å²) in [5.74, 6) is -0.0335. The maximum absolute atomic E-state index is 11.4. The number of benzene rings is 1. The molecule has 112 valence electrons. The van der Waals surface area contributed by atoms with E-state index in [9.17, 15) is 8.42 Å². The molecular formula is C13H21N3O3S. The lowest BCUT2D eigenvalue weighted by Crippen LogP contribution is -2.20. The lowest BCUT2D eigenvalue weighted by Gasteiger charge is -2.04. The number of hydrogen-bond donors (Lipinski definition) is 3. The lowest BCUT2D eigenvalue weighted by atomic mass is 10.2. The molecule has 7 heteroatoms. The van der Waals surface area contributed by atoms with E-state index in [0.29, 0.717) is 0 Å². The smallest absolute Gasteiger partial charge is 0.215 e. The van der Waals surface area contributed by atoms with E-state index in [2.05, 4.69) is 15.2 Å². The number of unbranched alkanes of at least 4 members (excludes halogenated alkanes) is 2. The Labute approximate surface area is 120 Å². The molecule has 0 saturated carbocycles. The van der Waals surface area contributed by atoms with Crippen LogP contribution < -0.4 is 10.1 Å². The number of nitrogens with zero attached hydrogens (tertiary/aromatic N) is 1. The molecule has 0 aliphatic rings. The summed E-state index contributed by atoms with van der Waals surface area (Å²) < 4.78 is 25.0. The standard InChI is InChI=1S/C13H21N3O3S/c1-14-20(18,19)11-12-5-7-13(8-6-12)16-15-9-3-2-4-10-17/h5-9,14,16-17H,2-4,10-11H2,1H3/b15-9+. The first-order valence-electron chi connectivity index (χ1n) is 6.46. The van der Waals surface area contributed by atoms with E-state index < -0.39 is 10.0 Å². The largest absolute Gasteiger partial charge is 0.396 e. The number of anilines is 1. The Bertz CT molecular complexity index is 512. The van der Waals surface area contributed by atoms with Crippen molar-refractivity contribution >= 4 is 21.9 Å². The normalized spacial score (nSPS) is 11.9. The number of sulfonamides is 1. The average Bonchev–Trinajstić information content (AvgIpc) is 2.44. The highest BCUT2D eigenvalue weighted by molar-refractivity contribution is 7.88. The topological polar surface area (TPSA) is 90.8 Å². The van der Waals surface area contributed by atoms with Crippen molar-refractivity contribution in [1.29, 1.82) is 0 Å². The van der Waals surface area contributed by atoms with E-state index in [0.717, 1.165) is 30.5 Å². The zero-order valence-electron chi connectivity index (χ0n) is 11.5. The Morgan fingerprint density at radius 3 is 2.55 bits per heavy atom. The third-order valence-electron chi connectivity index (χ3n) is 2.65. The first-order chi connectivity index (χ1) is 9.57. The van der Waals surface area contributed by atoms with Gasteiger partial charge in [-0.25, -0.2) is 13.1 Å². The van der Waals surface area contributed by atoms with Crippen molar-refractivity contribution in [3.63, 3.8) is 0 Å². The average molecular weight is 299 g/mol. The molecule has 0 radical (unpaired) electrons. The van der Waals surface area contributed by atoms with Crippen LogP contribution in [0.5, 0.6) is 0 Å². The van der Waals surface area contributed by atoms with E-state index in [1.54, 1.807) is 30.5 Å². The summed E-state index contributed by atoms with van der Waals surface area (Å²) in [5.41, 5.74) is 4.39. The molecule has 0 aliphatic carbocycles. The van der Waals surface area contributed by atoms with Crippen molar-refractivity contribution < 1.29 is 13.5 Å². The molecular weight excluding hydrogens is 278 g/mol. The van der Waals surface area contributed by atoms with Crippen LogP contribution in [-0.4, -0.2) is 33.4 Å². The number of hydrogen-bond acceptors (Lipinski definition) is 5. The van der Waals surface area contributed by atoms with Gasteiger partial charge in [0.05, 0.1) is 11.4 Å². The summed E-state index contributed by atoms with van der Waals surface area (Å²) in [6.45, 7) is 0.207. The SMILES string of the molecule is CNS(=O)(=O)Cc1ccc(N/N=C/CCCCO)cc1. The molecule has 0 atom stereocenters. The van der Waals surface area contributed by atoms with Crippen LogP contribution in [0.2, 0.25) is 0 Å². The van der Waals surface area contributed by atoms with Crippen LogP contribution in [0.4, 0.5) is 5.69 Å². The Hall–Kier alpha value is -1.44. The van der Waals surface area contributed by atoms with Gasteiger partial charge in [0.15, 0.2) is 0 Å². The highest BCUT2D eigenvalue weighted by atomic mass is 32.2. The second-order valence-electron chi connectivity index (χ2n) is 4.30. The molecule has 0 unspecified atom stereocenters. The fraction of sp³-hybridized carbons (Fsp3) is 0.462. The summed E-state index contributed by atoms with van der Waals surface area (Å²) in [7, 11) is -1.84. The number of nitrogens with one attached hydrogen (secondary N) is 2. The monoisotopic (exact) mass is 299 g/mol. The van der Waals surface area contributed by atoms with Crippen LogP contribution in [0, 0.1) is 0 Å². The quantitative estimate of drug-likeness (QED) is 0.364. The van der Waals surface area contributed by atoms with Gasteiger partial charge in [0.1, 0.15) is 0 Å². The highest BCUT2D eigenvalue weighted by Gasteiger charge is 2.07. The van der Waals surface area contributed by atoms with Crippen LogP contribution in [0.25, 0.3) is 0 Å². The van der Waals surface area contributed by atoms with E-state index in [1.165, 1.54) is 7.05 Å². The van der Waals surface area contributed by atoms with Crippen molar-refractivity contribution in [3.8, 4) is 0 Å². The van der Waals surface area contributed by atoms with Gasteiger partial charge in [-0.3, -0.25) is 5.43 Å². The van der Waals surface area contributed by atoms with Crippen LogP contribution in [-0.2, 0) is 15.8 Å². The van der Waals surface area contributed by atoms with Gasteiger partial charge in [-0.1, -0.05) is 12.1 Å². The summed E-state index contributed by atoms with van der Waals surface area (Å²) in [6, 6.07) is 7.06. The number of aliphatic hydroxyl groups is 1. The van der Waals surface area contributed by atoms with Gasteiger partial charge >= 0.3 is 0 Å². The van der Waals surface area contributed by atoms with Crippen molar-refractivity contribution in [2.45, 2.75) is 25.0 Å². The van der Waals surface area contributed by atoms with Crippen molar-refractivity contribution in [3.05, 3.63) is 29.8 Å². The molecule has 0 bridgehead atoms. The fourth-order valence-corrected chi connectivity index (χ4v) is 2.27. The van der Waals surface area contributed by atoms with Gasteiger partial charge in [0, 0.05) is 12.8 Å². The summed E-state index contributed by atoms with van der Waals surface area (Å²) in [5, 5.41) is 12.7. The predicted octanol–water partition coefficient (Wildman–Crippen LogP) is 1.30. The van der Waals surface area contributed by atoms with E-state index in [-0.39, 0.29) is 12.4 Å². The maximum atomic E-state index is 11.4. The number of rotatable bonds is 9. The molecule has 0 aliphatic heterocycles. The summed E-state index contributed by atoms with van der Waals surface area (Å²) in [6.07, 6.45) is 4.25. The number of aliphatic hydroxyl groups excluding tert-OH is 1. The Balaban J connectivity index is 2.43. The summed E-state index contributed by atoms with van der Waals surface area (Å²) >= 11 is 0. The van der Waals surface area contributed by atoms with Gasteiger partial charge in [-0.15, -0.1) is 0 Å². The highest BCUT2D eigenvalue weighted by Crippen LogP contribution is 2.11. The second kappa shape index (κ2) is 8.68. The maximum Gasteiger partial charge on any atom is 0.215 e. The van der Waals surface area contributed by atoms with Gasteiger partial charge in [-0.2, -0.15) is 5.10 Å². The Kier molecular flexibility index (Phi) is 7.21. The molecule has 0 spiro atoms. The third kappa shape index (κ3) is 6.65. The minimum Gasteiger partial charge on any atom is -0.396 e. The van der Waals surface area contributed by atoms with Crippen LogP contribution >= 0.6 is 0 Å². The fourth-order valence-electron chi connectivity index (χ4n) is 1.50. The van der Waals surface area contributed by atoms with Crippen molar-refractivity contribution in [2.75, 3.05) is 19.1 Å². The summed E-state index contributed by atoms with van der Waals surface area (Å²) in [4.78, 5) is 0. The van der Waals surface area contributed by atoms with Gasteiger partial charge in [0.2, 0.25) is 10.0 Å². The van der Waals surface area contributed by atoms with Crippen LogP contribution in [0.3, 0.4) is 0 Å². The van der Waals surface area contributed by atoms with Crippen LogP contribution in [0.15, 0.2) is 29.4 Å². The predicted molar refractivity (Wildman–Crippen MR) is 81.2 cm³/mol. The molecule has 0 aromatic heterocycles. The van der Waals surface area contributed by atoms with Crippen molar-refractivity contribution in [2.24, 2.45) is 5.10 Å². The minimum absolute atomic E-state index is 0.0335. The molecule has 0 amide bonds. The van der Waals surface area contributed by atoms with E-state index in [1.807, 2.05) is 0 Å². The molecule has 0 saturated heterocycles. The first kappa shape index (κ1) is 16.6. The lowest BCUT2D eigenvalue weighted by molar-refractivity contribution is 0.286. The zero-order valence-corrected chi connectivity index (χ0v) is 12.4. The third-order valence-corrected chi connectivity index (χ3v) is 3.98. The van der Waals surface area contributed by atoms with Gasteiger partial charge < -0.3 is 5.11 Å². The van der Waals surface area contributed by atoms with Gasteiger partial charge in [-0.05, 0) is 44.0 Å². The molecule has 3 N–H and O–H groups in total. The molecule has 20 heavy (non-hydrogen) atoms. The molecule has 1 aromatic rings. The molecule has 0 heterocycles. The first-order valence-corrected chi connectivity index (χ1v) is 8.11. The Morgan fingerprint density at radius 1 is 1.25 bits per heavy atom. The Morgan fingerprint density at radius 2 is 1.95 bits per heavy atom. The molecule has 1 rings (SSSR count). The van der Waals surface area contributed by atoms with Gasteiger partial charge in [0.25, 0.3) is 0 Å². The van der Waals surface area contributed by atoms with E-state index >= 15 is 0 Å². The zero-order chi connectivity index (χ0) is 14.8. The molecule has 1 aromatic carbocycles. The van der Waals surface area contributed by atoms with Crippen LogP contribution in [0.1, 0.15) is 24.8 Å². The van der Waals surface area contributed by atoms with Crippen molar-refractivity contribution in [1.82, 2.24) is 4.72 Å². The molecule has 0 fully saturated rings. The van der Waals surface area contributed by atoms with E-state index in [4.69, 9.17) is 5.11 Å².